The van der Waals surface area contributed by atoms with E-state index < -0.39 is 131 Å². The molecule has 0 bridgehead atoms. The Morgan fingerprint density at radius 2 is 1.43 bits per heavy atom. The number of benzene rings is 2. The van der Waals surface area contributed by atoms with Crippen molar-refractivity contribution >= 4 is 88.7 Å². The van der Waals surface area contributed by atoms with Crippen molar-refractivity contribution in [1.29, 1.82) is 0 Å². The van der Waals surface area contributed by atoms with Gasteiger partial charge in [0, 0.05) is 77.3 Å². The number of methoxy groups -OCH3 is 2. The van der Waals surface area contributed by atoms with Gasteiger partial charge < -0.3 is 72.1 Å². The smallest absolute Gasteiger partial charge is 0.407 e. The number of likely N-dealkylation sites (tertiary alicyclic amines) is 2. The summed E-state index contributed by atoms with van der Waals surface area (Å²) in [6.07, 6.45) is 0.791. The van der Waals surface area contributed by atoms with Crippen LogP contribution in [0.3, 0.4) is 0 Å². The molecule has 2 heterocycles. The fourth-order valence-electron chi connectivity index (χ4n) is 13.8. The number of primary amides is 1. The number of hydrogen-bond acceptors (Lipinski definition) is 17. The molecule has 1 aliphatic carbocycles. The van der Waals surface area contributed by atoms with Crippen LogP contribution in [0.2, 0.25) is 0 Å². The van der Waals surface area contributed by atoms with Gasteiger partial charge in [-0.05, 0) is 124 Å². The number of thioether (sulfide) groups is 1. The van der Waals surface area contributed by atoms with Crippen molar-refractivity contribution in [2.45, 2.75) is 219 Å². The molecule has 28 nitrogen and oxygen atoms in total. The molecule has 0 aromatic heterocycles. The summed E-state index contributed by atoms with van der Waals surface area (Å²) in [5.74, 6) is -7.81. The van der Waals surface area contributed by atoms with Gasteiger partial charge in [-0.2, -0.15) is 0 Å². The predicted octanol–water partition coefficient (Wildman–Crippen LogP) is 5.86. The number of unbranched alkanes of at least 4 members (excludes halogenated alkanes) is 2. The van der Waals surface area contributed by atoms with Crippen LogP contribution < -0.4 is 43.0 Å². The number of rotatable bonds is 44. The molecule has 3 aliphatic rings. The van der Waals surface area contributed by atoms with E-state index in [0.29, 0.717) is 42.7 Å². The summed E-state index contributed by atoms with van der Waals surface area (Å²) in [6, 6.07) is 3.06. The Hall–Kier alpha value is -8.03. The molecule has 105 heavy (non-hydrogen) atoms. The maximum Gasteiger partial charge on any atom is 0.407 e. The topological polar surface area (TPSA) is 376 Å². The van der Waals surface area contributed by atoms with Crippen molar-refractivity contribution in [2.75, 3.05) is 72.6 Å². The van der Waals surface area contributed by atoms with E-state index in [-0.39, 0.29) is 137 Å². The van der Waals surface area contributed by atoms with E-state index >= 15 is 4.79 Å². The third-order valence-electron chi connectivity index (χ3n) is 20.1. The van der Waals surface area contributed by atoms with E-state index in [0.717, 1.165) is 25.0 Å². The van der Waals surface area contributed by atoms with Gasteiger partial charge >= 0.3 is 18.1 Å². The standard InChI is InChI=1S/C74H114F2N12O16S/c1-15-45(8)64(86(12)71(99)62(43(4)5)84-69(97)63(44(6)7)85(10)11)55(102-13)36-58(90)88-39-49(35-54(88)65(103-14)46(9)66(94)78-33-29-50-51(75)21-19-22-52(50)76)81-73(101)104-40-47-25-27-48(28-26-47)80-67(95)53(23-20-32-79-72(77)100)82-68(96)61(42(2)3)83-57(89)24-17-16-18-34-87-59(91)37-56(70(87)98)105-41-74(30-31-74)38-60(92)93/h19,21-22,25-28,42-46,49,53-56,61-65H,15-18,20,23-24,29-41H2,1-14H3,(H,78,94)(H,80,95)(H,81,101)(H,82,96)(H,83,89)(H,84,97)(H,92,93)(H3,77,79,100)/t45-,46+,49-,53?,54-,55+,56?,61-,62-,63-,64?,65+/m0/s1. The highest BCUT2D eigenvalue weighted by molar-refractivity contribution is 8.00. The predicted molar refractivity (Wildman–Crippen MR) is 391 cm³/mol. The van der Waals surface area contributed by atoms with E-state index in [9.17, 15) is 66.6 Å². The number of nitrogens with one attached hydrogen (secondary N) is 7. The quantitative estimate of drug-likeness (QED) is 0.0277. The van der Waals surface area contributed by atoms with Crippen LogP contribution in [0, 0.1) is 46.6 Å². The fourth-order valence-corrected chi connectivity index (χ4v) is 15.3. The number of carbonyl (C=O) groups excluding carboxylic acids is 11. The molecule has 5 rings (SSSR count). The number of anilines is 1. The van der Waals surface area contributed by atoms with E-state index in [4.69, 9.17) is 19.9 Å². The van der Waals surface area contributed by atoms with Gasteiger partial charge in [0.1, 0.15) is 36.4 Å². The zero-order valence-corrected chi connectivity index (χ0v) is 64.3. The van der Waals surface area contributed by atoms with Crippen LogP contribution in [-0.4, -0.2) is 223 Å². The highest BCUT2D eigenvalue weighted by atomic mass is 32.2. The number of halogens is 2. The highest BCUT2D eigenvalue weighted by Crippen LogP contribution is 2.52. The molecule has 1 saturated carbocycles. The molecule has 3 fully saturated rings. The first-order chi connectivity index (χ1) is 49.6. The minimum absolute atomic E-state index is 0.0360. The molecule has 2 aromatic carbocycles. The highest BCUT2D eigenvalue weighted by Gasteiger charge is 2.49. The zero-order chi connectivity index (χ0) is 78.2. The number of carbonyl (C=O) groups is 12. The van der Waals surface area contributed by atoms with Crippen LogP contribution in [0.25, 0.3) is 0 Å². The van der Waals surface area contributed by atoms with Crippen LogP contribution in [0.4, 0.5) is 24.1 Å². The Morgan fingerprint density at radius 1 is 0.771 bits per heavy atom. The van der Waals surface area contributed by atoms with Crippen molar-refractivity contribution in [3.63, 3.8) is 0 Å². The number of aliphatic carboxylic acids is 1. The largest absolute Gasteiger partial charge is 0.481 e. The summed E-state index contributed by atoms with van der Waals surface area (Å²) < 4.78 is 47.0. The number of carboxylic acid groups (broad SMARTS) is 1. The number of nitrogens with zero attached hydrogens (tertiary/aromatic N) is 4. The van der Waals surface area contributed by atoms with Crippen molar-refractivity contribution in [2.24, 2.45) is 40.7 Å². The second kappa shape index (κ2) is 41.8. The Labute approximate surface area is 620 Å². The first kappa shape index (κ1) is 87.6. The van der Waals surface area contributed by atoms with Gasteiger partial charge in [-0.3, -0.25) is 57.7 Å². The van der Waals surface area contributed by atoms with Crippen LogP contribution in [-0.2, 0) is 75.2 Å². The maximum absolute atomic E-state index is 15.1. The number of ether oxygens (including phenoxy) is 3. The summed E-state index contributed by atoms with van der Waals surface area (Å²) in [4.78, 5) is 167. The monoisotopic (exact) mass is 1500 g/mol. The van der Waals surface area contributed by atoms with E-state index in [1.165, 1.54) is 41.8 Å². The third kappa shape index (κ3) is 26.2. The van der Waals surface area contributed by atoms with Crippen LogP contribution >= 0.6 is 11.8 Å². The van der Waals surface area contributed by atoms with E-state index in [1.807, 2.05) is 41.5 Å². The van der Waals surface area contributed by atoms with Crippen LogP contribution in [0.1, 0.15) is 157 Å². The first-order valence-corrected chi connectivity index (χ1v) is 37.5. The molecule has 0 radical (unpaired) electrons. The lowest BCUT2D eigenvalue weighted by atomic mass is 9.89. The number of likely N-dealkylation sites (N-methyl/N-ethyl adjacent to an activating group) is 2. The molecular formula is C74H114F2N12O16S. The molecule has 31 heteroatoms. The molecule has 2 aromatic rings. The molecule has 3 unspecified atom stereocenters. The minimum atomic E-state index is -1.16. The van der Waals surface area contributed by atoms with E-state index in [2.05, 4.69) is 37.2 Å². The van der Waals surface area contributed by atoms with Gasteiger partial charge in [0.05, 0.1) is 60.4 Å². The first-order valence-electron chi connectivity index (χ1n) is 36.5. The summed E-state index contributed by atoms with van der Waals surface area (Å²) in [5.41, 5.74) is 5.56. The number of nitrogens with two attached hydrogens (primary N) is 1. The molecule has 2 saturated heterocycles. The fraction of sp³-hybridized carbons (Fsp3) is 0.676. The van der Waals surface area contributed by atoms with Crippen molar-refractivity contribution in [3.8, 4) is 0 Å². The lowest BCUT2D eigenvalue weighted by Crippen LogP contribution is -2.59. The lowest BCUT2D eigenvalue weighted by Gasteiger charge is -2.41. The van der Waals surface area contributed by atoms with Crippen molar-refractivity contribution in [3.05, 3.63) is 65.2 Å². The van der Waals surface area contributed by atoms with Gasteiger partial charge in [-0.25, -0.2) is 18.4 Å². The Kier molecular flexibility index (Phi) is 34.8. The summed E-state index contributed by atoms with van der Waals surface area (Å²) in [7, 11) is 8.06. The maximum atomic E-state index is 15.1. The molecular weight excluding hydrogens is 1380 g/mol. The molecule has 12 atom stereocenters. The molecule has 12 amide bonds. The molecule has 0 spiro atoms. The number of imide groups is 1. The van der Waals surface area contributed by atoms with Crippen LogP contribution in [0.15, 0.2) is 42.5 Å². The van der Waals surface area contributed by atoms with Crippen LogP contribution in [0.5, 0.6) is 0 Å². The summed E-state index contributed by atoms with van der Waals surface area (Å²) in [6.45, 7) is 16.3. The number of amides is 12. The number of urea groups is 1. The normalized spacial score (nSPS) is 18.8. The molecule has 586 valence electrons. The Bertz CT molecular complexity index is 3280. The van der Waals surface area contributed by atoms with Crippen molar-refractivity contribution < 1.29 is 85.6 Å². The number of alkyl carbamates (subject to hydrolysis) is 1. The van der Waals surface area contributed by atoms with Crippen molar-refractivity contribution in [1.82, 2.24) is 51.5 Å². The van der Waals surface area contributed by atoms with Gasteiger partial charge in [-0.15, -0.1) is 11.8 Å². The molecule has 2 aliphatic heterocycles. The average molecular weight is 1500 g/mol. The second-order valence-electron chi connectivity index (χ2n) is 29.4. The van der Waals surface area contributed by atoms with Gasteiger partial charge in [0.15, 0.2) is 0 Å². The lowest BCUT2D eigenvalue weighted by molar-refractivity contribution is -0.148. The molecule has 10 N–H and O–H groups in total. The SMILES string of the molecule is CC[C@H](C)C([C@@H](CC(=O)N1C[C@@H](NC(=O)OCc2ccc(NC(=O)C(CCCNC(N)=O)NC(=O)[C@@H](NC(=O)CCCCCN3C(=O)CC(SCC4(CC(=O)O)CC4)C3=O)C(C)C)cc2)C[C@H]1[C@H](OC)[C@@H](C)C(=O)NCCc1c(F)cccc1F)OC)N(C)C(=O)[C@@H](NC(=O)[C@H](C(C)C)N(C)C)C(C)C. The second-order valence-corrected chi connectivity index (χ2v) is 30.6. The summed E-state index contributed by atoms with van der Waals surface area (Å²) >= 11 is 1.34. The third-order valence-corrected chi connectivity index (χ3v) is 21.6. The zero-order valence-electron chi connectivity index (χ0n) is 63.4. The van der Waals surface area contributed by atoms with Gasteiger partial charge in [0.2, 0.25) is 53.2 Å². The number of carboxylic acids is 1. The Morgan fingerprint density at radius 3 is 2.00 bits per heavy atom. The minimum Gasteiger partial charge on any atom is -0.481 e. The van der Waals surface area contributed by atoms with Gasteiger partial charge in [0.25, 0.3) is 0 Å². The van der Waals surface area contributed by atoms with Gasteiger partial charge in [-0.1, -0.05) is 93.4 Å². The average Bonchev–Trinajstić information content (AvgIpc) is 1.58. The summed E-state index contributed by atoms with van der Waals surface area (Å²) in [5, 5.41) is 28.1. The Balaban J connectivity index is 1.23. The number of hydrogen-bond donors (Lipinski definition) is 9. The van der Waals surface area contributed by atoms with E-state index in [1.54, 1.807) is 76.0 Å².